The lowest BCUT2D eigenvalue weighted by atomic mass is 10.1. The van der Waals surface area contributed by atoms with Crippen LogP contribution in [-0.4, -0.2) is 30.2 Å². The number of Topliss-reactive ketones (excluding diaryl/α,β-unsaturated/α-hetero) is 1. The molecule has 0 radical (unpaired) electrons. The number of carbonyl (C=O) groups excluding carboxylic acids is 1. The molecule has 0 amide bonds. The zero-order chi connectivity index (χ0) is 12.5. The number of nitrogens with zero attached hydrogens (tertiary/aromatic N) is 1. The highest BCUT2D eigenvalue weighted by molar-refractivity contribution is 7.92. The lowest BCUT2D eigenvalue weighted by Gasteiger charge is -2.20. The van der Waals surface area contributed by atoms with Gasteiger partial charge in [-0.15, -0.1) is 0 Å². The predicted octanol–water partition coefficient (Wildman–Crippen LogP) is 1.39. The highest BCUT2D eigenvalue weighted by Crippen LogP contribution is 2.22. The molecule has 0 spiro atoms. The van der Waals surface area contributed by atoms with Crippen molar-refractivity contribution in [2.75, 3.05) is 5.75 Å². The molecule has 1 atom stereocenters. The molecule has 0 N–H and O–H groups in total. The van der Waals surface area contributed by atoms with Crippen molar-refractivity contribution < 1.29 is 17.6 Å². The third kappa shape index (κ3) is 2.74. The van der Waals surface area contributed by atoms with Crippen LogP contribution in [0.25, 0.3) is 0 Å². The van der Waals surface area contributed by atoms with Crippen LogP contribution in [0.5, 0.6) is 0 Å². The lowest BCUT2D eigenvalue weighted by Crippen LogP contribution is -2.30. The Morgan fingerprint density at radius 3 is 2.88 bits per heavy atom. The van der Waals surface area contributed by atoms with Crippen LogP contribution in [-0.2, 0) is 16.3 Å². The fourth-order valence-electron chi connectivity index (χ4n) is 2.01. The van der Waals surface area contributed by atoms with Gasteiger partial charge in [-0.2, -0.15) is 0 Å². The minimum absolute atomic E-state index is 0.188. The fraction of sp³-hybridized carbons (Fsp3) is 0.636. The van der Waals surface area contributed by atoms with Crippen LogP contribution in [0.3, 0.4) is 0 Å². The van der Waals surface area contributed by atoms with E-state index in [1.54, 1.807) is 0 Å². The summed E-state index contributed by atoms with van der Waals surface area (Å²) in [6.07, 6.45) is 3.94. The quantitative estimate of drug-likeness (QED) is 0.765. The Balaban J connectivity index is 2.11. The summed E-state index contributed by atoms with van der Waals surface area (Å²) >= 11 is 0. The number of sulfone groups is 1. The Morgan fingerprint density at radius 2 is 2.29 bits per heavy atom. The normalized spacial score (nSPS) is 23.5. The molecule has 1 aromatic heterocycles. The van der Waals surface area contributed by atoms with Crippen molar-refractivity contribution >= 4 is 15.6 Å². The largest absolute Gasteiger partial charge is 0.438 e. The predicted molar refractivity (Wildman–Crippen MR) is 61.6 cm³/mol. The Morgan fingerprint density at radius 1 is 1.53 bits per heavy atom. The van der Waals surface area contributed by atoms with Gasteiger partial charge in [-0.1, -0.05) is 6.42 Å². The Kier molecular flexibility index (Phi) is 3.33. The van der Waals surface area contributed by atoms with Crippen molar-refractivity contribution in [2.45, 2.75) is 37.9 Å². The number of rotatable bonds is 3. The molecule has 0 saturated carbocycles. The molecular weight excluding hydrogens is 242 g/mol. The molecule has 1 fully saturated rings. The van der Waals surface area contributed by atoms with Gasteiger partial charge in [0.2, 0.25) is 0 Å². The first-order valence-corrected chi connectivity index (χ1v) is 7.38. The first-order chi connectivity index (χ1) is 7.99. The summed E-state index contributed by atoms with van der Waals surface area (Å²) in [6, 6.07) is 0. The van der Waals surface area contributed by atoms with Crippen molar-refractivity contribution in [3.05, 3.63) is 17.8 Å². The van der Waals surface area contributed by atoms with E-state index in [9.17, 15) is 13.2 Å². The molecule has 0 aromatic carbocycles. The minimum Gasteiger partial charge on any atom is -0.438 e. The third-order valence-electron chi connectivity index (χ3n) is 3.02. The zero-order valence-corrected chi connectivity index (χ0v) is 10.5. The molecule has 2 heterocycles. The van der Waals surface area contributed by atoms with Gasteiger partial charge in [-0.05, 0) is 12.8 Å². The van der Waals surface area contributed by atoms with E-state index in [4.69, 9.17) is 4.42 Å². The van der Waals surface area contributed by atoms with Crippen LogP contribution in [0.2, 0.25) is 0 Å². The highest BCUT2D eigenvalue weighted by Gasteiger charge is 2.30. The monoisotopic (exact) mass is 257 g/mol. The molecule has 17 heavy (non-hydrogen) atoms. The van der Waals surface area contributed by atoms with Gasteiger partial charge in [0.05, 0.1) is 17.2 Å². The van der Waals surface area contributed by atoms with Crippen LogP contribution in [0, 0.1) is 0 Å². The maximum atomic E-state index is 11.8. The molecule has 5 nitrogen and oxygen atoms in total. The second kappa shape index (κ2) is 4.60. The van der Waals surface area contributed by atoms with Crippen molar-refractivity contribution in [3.8, 4) is 0 Å². The van der Waals surface area contributed by atoms with Gasteiger partial charge in [0.15, 0.2) is 27.3 Å². The van der Waals surface area contributed by atoms with E-state index in [1.807, 2.05) is 0 Å². The van der Waals surface area contributed by atoms with Gasteiger partial charge in [0.25, 0.3) is 0 Å². The first kappa shape index (κ1) is 12.3. The highest BCUT2D eigenvalue weighted by atomic mass is 32.2. The average Bonchev–Trinajstić information content (AvgIpc) is 2.70. The Labute approximate surface area is 100 Å². The summed E-state index contributed by atoms with van der Waals surface area (Å²) in [5.41, 5.74) is 0. The molecule has 94 valence electrons. The summed E-state index contributed by atoms with van der Waals surface area (Å²) in [5.74, 6) is 0.576. The second-order valence-electron chi connectivity index (χ2n) is 4.36. The maximum Gasteiger partial charge on any atom is 0.196 e. The number of hydrogen-bond donors (Lipinski definition) is 0. The Bertz CT molecular complexity index is 517. The van der Waals surface area contributed by atoms with Crippen molar-refractivity contribution in [2.24, 2.45) is 0 Å². The summed E-state index contributed by atoms with van der Waals surface area (Å²) in [5, 5.41) is -0.408. The minimum atomic E-state index is -3.02. The van der Waals surface area contributed by atoms with Crippen molar-refractivity contribution in [1.82, 2.24) is 4.98 Å². The molecular formula is C11H15NO4S. The molecule has 1 aliphatic rings. The van der Waals surface area contributed by atoms with Crippen molar-refractivity contribution in [1.29, 1.82) is 0 Å². The fourth-order valence-corrected chi connectivity index (χ4v) is 3.87. The number of ketones is 1. The van der Waals surface area contributed by atoms with Gasteiger partial charge in [0.1, 0.15) is 0 Å². The van der Waals surface area contributed by atoms with E-state index < -0.39 is 15.1 Å². The number of hydrogen-bond acceptors (Lipinski definition) is 5. The average molecular weight is 257 g/mol. The summed E-state index contributed by atoms with van der Waals surface area (Å²) < 4.78 is 28.8. The summed E-state index contributed by atoms with van der Waals surface area (Å²) in [6.45, 7) is 1.39. The second-order valence-corrected chi connectivity index (χ2v) is 6.76. The number of aromatic nitrogens is 1. The van der Waals surface area contributed by atoms with Crippen molar-refractivity contribution in [3.63, 3.8) is 0 Å². The van der Waals surface area contributed by atoms with Crippen LogP contribution >= 0.6 is 0 Å². The molecule has 2 rings (SSSR count). The SMILES string of the molecule is CC(=O)c1cnc(CC2CCCCS2(=O)=O)o1. The molecule has 1 saturated heterocycles. The number of oxazole rings is 1. The van der Waals surface area contributed by atoms with Gasteiger partial charge in [-0.3, -0.25) is 4.79 Å². The van der Waals surface area contributed by atoms with E-state index in [-0.39, 0.29) is 23.7 Å². The van der Waals surface area contributed by atoms with Gasteiger partial charge < -0.3 is 4.42 Å². The van der Waals surface area contributed by atoms with Crippen LogP contribution in [0.1, 0.15) is 42.6 Å². The topological polar surface area (TPSA) is 77.2 Å². The molecule has 1 unspecified atom stereocenters. The van der Waals surface area contributed by atoms with Crippen LogP contribution in [0.4, 0.5) is 0 Å². The van der Waals surface area contributed by atoms with E-state index in [0.29, 0.717) is 12.3 Å². The van der Waals surface area contributed by atoms with E-state index >= 15 is 0 Å². The molecule has 0 aliphatic carbocycles. The van der Waals surface area contributed by atoms with E-state index in [0.717, 1.165) is 12.8 Å². The van der Waals surface area contributed by atoms with Gasteiger partial charge >= 0.3 is 0 Å². The zero-order valence-electron chi connectivity index (χ0n) is 9.68. The van der Waals surface area contributed by atoms with E-state index in [1.165, 1.54) is 13.1 Å². The molecule has 1 aliphatic heterocycles. The lowest BCUT2D eigenvalue weighted by molar-refractivity contribution is 0.0985. The number of carbonyl (C=O) groups is 1. The standard InChI is InChI=1S/C11H15NO4S/c1-8(13)10-7-12-11(16-10)6-9-4-2-3-5-17(9,14)15/h7,9H,2-6H2,1H3. The van der Waals surface area contributed by atoms with Crippen LogP contribution < -0.4 is 0 Å². The molecule has 6 heteroatoms. The first-order valence-electron chi connectivity index (χ1n) is 5.66. The molecule has 1 aromatic rings. The maximum absolute atomic E-state index is 11.8. The summed E-state index contributed by atoms with van der Waals surface area (Å²) in [7, 11) is -3.02. The van der Waals surface area contributed by atoms with Gasteiger partial charge in [-0.25, -0.2) is 13.4 Å². The van der Waals surface area contributed by atoms with Gasteiger partial charge in [0, 0.05) is 13.3 Å². The smallest absolute Gasteiger partial charge is 0.196 e. The Hall–Kier alpha value is -1.17. The third-order valence-corrected chi connectivity index (χ3v) is 5.29. The summed E-state index contributed by atoms with van der Waals surface area (Å²) in [4.78, 5) is 15.0. The van der Waals surface area contributed by atoms with E-state index in [2.05, 4.69) is 4.98 Å². The van der Waals surface area contributed by atoms with Crippen LogP contribution in [0.15, 0.2) is 10.6 Å². The molecule has 0 bridgehead atoms.